The normalized spacial score (nSPS) is 8.67. The zero-order valence-electron chi connectivity index (χ0n) is 5.13. The van der Waals surface area contributed by atoms with Gasteiger partial charge in [-0.05, 0) is 0 Å². The van der Waals surface area contributed by atoms with Crippen molar-refractivity contribution < 1.29 is 4.42 Å². The maximum atomic E-state index is 5.24. The molecule has 0 amide bonds. The second kappa shape index (κ2) is 3.63. The van der Waals surface area contributed by atoms with Crippen molar-refractivity contribution in [3.63, 3.8) is 0 Å². The van der Waals surface area contributed by atoms with Crippen LogP contribution in [0.2, 0.25) is 0 Å². The number of oxazole rings is 1. The Hall–Kier alpha value is -0.350. The fourth-order valence-electron chi connectivity index (χ4n) is 0.502. The molecule has 0 aliphatic heterocycles. The van der Waals surface area contributed by atoms with Crippen LogP contribution in [0.5, 0.6) is 0 Å². The van der Waals surface area contributed by atoms with Crippen molar-refractivity contribution in [2.75, 3.05) is 0 Å². The Morgan fingerprint density at radius 3 is 2.67 bits per heavy atom. The number of nitrogens with zero attached hydrogens (tertiary/aromatic N) is 1. The molecule has 0 saturated heterocycles. The predicted molar refractivity (Wildman–Crippen MR) is 39.5 cm³/mol. The van der Waals surface area contributed by atoms with E-state index < -0.39 is 0 Å². The number of halogens is 1. The van der Waals surface area contributed by atoms with Gasteiger partial charge in [-0.15, -0.1) is 17.0 Å². The van der Waals surface area contributed by atoms with Gasteiger partial charge in [0.15, 0.2) is 5.89 Å². The molecule has 3 nitrogen and oxygen atoms in total. The quantitative estimate of drug-likeness (QED) is 0.724. The van der Waals surface area contributed by atoms with E-state index >= 15 is 0 Å². The highest BCUT2D eigenvalue weighted by atomic mass is 79.9. The number of rotatable bonds is 1. The van der Waals surface area contributed by atoms with Crippen LogP contribution >= 0.6 is 17.0 Å². The molecule has 0 aliphatic rings. The van der Waals surface area contributed by atoms with Crippen molar-refractivity contribution in [1.82, 2.24) is 4.98 Å². The van der Waals surface area contributed by atoms with E-state index in [4.69, 9.17) is 10.2 Å². The summed E-state index contributed by atoms with van der Waals surface area (Å²) >= 11 is 0. The topological polar surface area (TPSA) is 52.0 Å². The Morgan fingerprint density at radius 2 is 2.44 bits per heavy atom. The van der Waals surface area contributed by atoms with Gasteiger partial charge in [0.2, 0.25) is 0 Å². The van der Waals surface area contributed by atoms with Crippen LogP contribution in [0.4, 0.5) is 0 Å². The monoisotopic (exact) mass is 192 g/mol. The van der Waals surface area contributed by atoms with E-state index in [-0.39, 0.29) is 17.0 Å². The lowest BCUT2D eigenvalue weighted by Gasteiger charge is -1.77. The van der Waals surface area contributed by atoms with Crippen molar-refractivity contribution in [3.8, 4) is 0 Å². The molecule has 1 heterocycles. The number of nitrogens with two attached hydrogens (primary N) is 1. The highest BCUT2D eigenvalue weighted by Crippen LogP contribution is 1.96. The van der Waals surface area contributed by atoms with Gasteiger partial charge in [-0.2, -0.15) is 0 Å². The third-order valence-corrected chi connectivity index (χ3v) is 0.876. The van der Waals surface area contributed by atoms with Crippen LogP contribution in [-0.4, -0.2) is 4.98 Å². The molecule has 0 unspecified atom stereocenters. The maximum absolute atomic E-state index is 5.24. The van der Waals surface area contributed by atoms with Crippen molar-refractivity contribution in [2.24, 2.45) is 5.73 Å². The van der Waals surface area contributed by atoms with Crippen LogP contribution < -0.4 is 5.73 Å². The molecular formula is C5H9BrN2O. The molecule has 4 heteroatoms. The van der Waals surface area contributed by atoms with Gasteiger partial charge in [-0.1, -0.05) is 0 Å². The van der Waals surface area contributed by atoms with E-state index in [1.807, 2.05) is 0 Å². The standard InChI is InChI=1S/C5H8N2O.BrH/c1-4-7-5(2-6)3-8-4;/h3H,2,6H2,1H3;1H. The molecule has 0 saturated carbocycles. The molecule has 0 bridgehead atoms. The molecule has 2 N–H and O–H groups in total. The van der Waals surface area contributed by atoms with Gasteiger partial charge in [-0.25, -0.2) is 4.98 Å². The zero-order chi connectivity index (χ0) is 5.98. The van der Waals surface area contributed by atoms with E-state index in [0.717, 1.165) is 5.69 Å². The van der Waals surface area contributed by atoms with Crippen molar-refractivity contribution in [2.45, 2.75) is 13.5 Å². The lowest BCUT2D eigenvalue weighted by Crippen LogP contribution is -1.95. The predicted octanol–water partition coefficient (Wildman–Crippen LogP) is 1.02. The third kappa shape index (κ3) is 2.15. The molecule has 0 aliphatic carbocycles. The Labute approximate surface area is 64.0 Å². The first-order chi connectivity index (χ1) is 3.83. The van der Waals surface area contributed by atoms with Gasteiger partial charge in [0, 0.05) is 13.5 Å². The van der Waals surface area contributed by atoms with Gasteiger partial charge in [0.1, 0.15) is 6.26 Å². The van der Waals surface area contributed by atoms with E-state index in [2.05, 4.69) is 4.98 Å². The summed E-state index contributed by atoms with van der Waals surface area (Å²) in [6.07, 6.45) is 1.56. The van der Waals surface area contributed by atoms with Crippen LogP contribution in [-0.2, 0) is 6.54 Å². The zero-order valence-corrected chi connectivity index (χ0v) is 6.84. The van der Waals surface area contributed by atoms with Gasteiger partial charge in [0.05, 0.1) is 5.69 Å². The van der Waals surface area contributed by atoms with Crippen LogP contribution in [0, 0.1) is 6.92 Å². The summed E-state index contributed by atoms with van der Waals surface area (Å²) in [4.78, 5) is 3.94. The SMILES string of the molecule is Br.Cc1nc(CN)co1. The Balaban J connectivity index is 0.000000640. The summed E-state index contributed by atoms with van der Waals surface area (Å²) in [5, 5.41) is 0. The second-order valence-corrected chi connectivity index (χ2v) is 1.56. The van der Waals surface area contributed by atoms with Crippen LogP contribution in [0.25, 0.3) is 0 Å². The lowest BCUT2D eigenvalue weighted by atomic mass is 10.5. The van der Waals surface area contributed by atoms with Gasteiger partial charge in [0.25, 0.3) is 0 Å². The number of aromatic nitrogens is 1. The fourth-order valence-corrected chi connectivity index (χ4v) is 0.502. The van der Waals surface area contributed by atoms with Gasteiger partial charge in [-0.3, -0.25) is 0 Å². The maximum Gasteiger partial charge on any atom is 0.191 e. The molecule has 0 fully saturated rings. The largest absolute Gasteiger partial charge is 0.449 e. The number of hydrogen-bond acceptors (Lipinski definition) is 3. The summed E-state index contributed by atoms with van der Waals surface area (Å²) in [7, 11) is 0. The summed E-state index contributed by atoms with van der Waals surface area (Å²) in [5.41, 5.74) is 6.05. The summed E-state index contributed by atoms with van der Waals surface area (Å²) < 4.78 is 4.86. The first-order valence-corrected chi connectivity index (χ1v) is 2.44. The molecular weight excluding hydrogens is 184 g/mol. The number of aryl methyl sites for hydroxylation is 1. The molecule has 1 aromatic rings. The Bertz CT molecular complexity index is 175. The number of hydrogen-bond donors (Lipinski definition) is 1. The summed E-state index contributed by atoms with van der Waals surface area (Å²) in [6, 6.07) is 0. The average Bonchev–Trinajstić information content (AvgIpc) is 2.14. The molecule has 0 atom stereocenters. The van der Waals surface area contributed by atoms with E-state index in [1.165, 1.54) is 0 Å². The highest BCUT2D eigenvalue weighted by Gasteiger charge is 1.92. The van der Waals surface area contributed by atoms with Crippen molar-refractivity contribution in [3.05, 3.63) is 17.8 Å². The van der Waals surface area contributed by atoms with Crippen LogP contribution in [0.1, 0.15) is 11.6 Å². The van der Waals surface area contributed by atoms with Crippen LogP contribution in [0.15, 0.2) is 10.7 Å². The first kappa shape index (κ1) is 8.65. The fraction of sp³-hybridized carbons (Fsp3) is 0.400. The summed E-state index contributed by atoms with van der Waals surface area (Å²) in [6.45, 7) is 2.25. The molecule has 0 aromatic carbocycles. The van der Waals surface area contributed by atoms with E-state index in [9.17, 15) is 0 Å². The van der Waals surface area contributed by atoms with Gasteiger partial charge >= 0.3 is 0 Å². The Kier molecular flexibility index (Phi) is 3.49. The molecule has 1 rings (SSSR count). The average molecular weight is 193 g/mol. The van der Waals surface area contributed by atoms with E-state index in [1.54, 1.807) is 13.2 Å². The minimum atomic E-state index is 0. The third-order valence-electron chi connectivity index (χ3n) is 0.876. The smallest absolute Gasteiger partial charge is 0.191 e. The van der Waals surface area contributed by atoms with Crippen molar-refractivity contribution >= 4 is 17.0 Å². The molecule has 0 spiro atoms. The van der Waals surface area contributed by atoms with Crippen LogP contribution in [0.3, 0.4) is 0 Å². The molecule has 52 valence electrons. The highest BCUT2D eigenvalue weighted by molar-refractivity contribution is 8.93. The van der Waals surface area contributed by atoms with Crippen molar-refractivity contribution in [1.29, 1.82) is 0 Å². The molecule has 9 heavy (non-hydrogen) atoms. The minimum Gasteiger partial charge on any atom is -0.449 e. The van der Waals surface area contributed by atoms with Gasteiger partial charge < -0.3 is 10.2 Å². The minimum absolute atomic E-state index is 0. The Morgan fingerprint density at radius 1 is 1.78 bits per heavy atom. The lowest BCUT2D eigenvalue weighted by molar-refractivity contribution is 0.520. The second-order valence-electron chi connectivity index (χ2n) is 1.56. The summed E-state index contributed by atoms with van der Waals surface area (Å²) in [5.74, 6) is 0.672. The first-order valence-electron chi connectivity index (χ1n) is 2.44. The van der Waals surface area contributed by atoms with E-state index in [0.29, 0.717) is 12.4 Å². The molecule has 1 aromatic heterocycles. The molecule has 0 radical (unpaired) electrons.